The van der Waals surface area contributed by atoms with Crippen molar-refractivity contribution in [1.29, 1.82) is 0 Å². The van der Waals surface area contributed by atoms with Crippen LogP contribution in [0, 0.1) is 11.6 Å². The van der Waals surface area contributed by atoms with Gasteiger partial charge in [-0.3, -0.25) is 4.79 Å². The van der Waals surface area contributed by atoms with E-state index < -0.39 is 17.5 Å². The van der Waals surface area contributed by atoms with Crippen molar-refractivity contribution in [1.82, 2.24) is 5.32 Å². The van der Waals surface area contributed by atoms with E-state index in [1.54, 1.807) is 36.4 Å². The molecule has 0 aliphatic heterocycles. The Morgan fingerprint density at radius 3 is 2.77 bits per heavy atom. The first-order valence-electron chi connectivity index (χ1n) is 8.96. The van der Waals surface area contributed by atoms with Gasteiger partial charge in [0.1, 0.15) is 28.6 Å². The molecule has 152 valence electrons. The lowest BCUT2D eigenvalue weighted by atomic mass is 10.1. The Hall–Kier alpha value is -3.94. The Bertz CT molecular complexity index is 1280. The number of ether oxygens (including phenoxy) is 1. The third-order valence-electron chi connectivity index (χ3n) is 4.34. The van der Waals surface area contributed by atoms with Crippen LogP contribution in [0.2, 0.25) is 0 Å². The van der Waals surface area contributed by atoms with Gasteiger partial charge in [0.05, 0.1) is 19.9 Å². The summed E-state index contributed by atoms with van der Waals surface area (Å²) in [5.41, 5.74) is -0.120. The van der Waals surface area contributed by atoms with Gasteiger partial charge in [-0.1, -0.05) is 12.1 Å². The molecule has 8 heteroatoms. The Kier molecular flexibility index (Phi) is 5.30. The van der Waals surface area contributed by atoms with Gasteiger partial charge in [-0.2, -0.15) is 0 Å². The van der Waals surface area contributed by atoms with E-state index in [1.165, 1.54) is 13.4 Å². The third kappa shape index (κ3) is 3.93. The van der Waals surface area contributed by atoms with Crippen molar-refractivity contribution >= 4 is 22.6 Å². The first-order chi connectivity index (χ1) is 14.5. The maximum atomic E-state index is 14.1. The van der Waals surface area contributed by atoms with Crippen LogP contribution in [0.4, 0.5) is 14.5 Å². The number of hydrogen-bond donors (Lipinski definition) is 1. The molecule has 30 heavy (non-hydrogen) atoms. The minimum absolute atomic E-state index is 0.0472. The largest absolute Gasteiger partial charge is 0.493 e. The topological polar surface area (TPSA) is 77.0 Å². The quantitative estimate of drug-likeness (QED) is 0.527. The smallest absolute Gasteiger partial charge is 0.257 e. The lowest BCUT2D eigenvalue weighted by molar-refractivity contribution is 0.0944. The summed E-state index contributed by atoms with van der Waals surface area (Å²) in [4.78, 5) is 16.9. The molecule has 0 aliphatic rings. The number of para-hydroxylation sites is 1. The summed E-state index contributed by atoms with van der Waals surface area (Å²) in [7, 11) is 1.47. The Balaban J connectivity index is 1.86. The maximum absolute atomic E-state index is 14.1. The second-order valence-electron chi connectivity index (χ2n) is 6.31. The Morgan fingerprint density at radius 1 is 1.13 bits per heavy atom. The van der Waals surface area contributed by atoms with Crippen LogP contribution in [0.25, 0.3) is 11.0 Å². The molecule has 6 nitrogen and oxygen atoms in total. The second kappa shape index (κ2) is 8.20. The van der Waals surface area contributed by atoms with E-state index in [2.05, 4.69) is 10.3 Å². The standard InChI is InChI=1S/C22H16F2N2O4/c1-28-19-6-2-4-13-10-16(21(27)25-12-15-5-3-9-29-15)22(30-20(13)19)26-18-11-14(23)7-8-17(18)24/h2-11H,12H2,1H3,(H,25,27). The molecular formula is C22H16F2N2O4. The van der Waals surface area contributed by atoms with Crippen LogP contribution in [-0.4, -0.2) is 13.0 Å². The van der Waals surface area contributed by atoms with Crippen LogP contribution in [0.3, 0.4) is 0 Å². The van der Waals surface area contributed by atoms with Gasteiger partial charge in [0.2, 0.25) is 5.55 Å². The molecule has 0 aliphatic carbocycles. The van der Waals surface area contributed by atoms with E-state index in [9.17, 15) is 13.6 Å². The summed E-state index contributed by atoms with van der Waals surface area (Å²) >= 11 is 0. The minimum atomic E-state index is -0.756. The van der Waals surface area contributed by atoms with Gasteiger partial charge in [0.15, 0.2) is 11.3 Å². The first-order valence-corrected chi connectivity index (χ1v) is 8.96. The number of hydrogen-bond acceptors (Lipinski definition) is 5. The van der Waals surface area contributed by atoms with Crippen molar-refractivity contribution < 1.29 is 27.1 Å². The zero-order valence-electron chi connectivity index (χ0n) is 15.8. The normalized spacial score (nSPS) is 11.6. The number of benzene rings is 2. The van der Waals surface area contributed by atoms with Crippen LogP contribution in [0.1, 0.15) is 16.1 Å². The summed E-state index contributed by atoms with van der Waals surface area (Å²) in [6, 6.07) is 13.0. The molecule has 4 rings (SSSR count). The van der Waals surface area contributed by atoms with Gasteiger partial charge in [-0.25, -0.2) is 13.8 Å². The highest BCUT2D eigenvalue weighted by atomic mass is 19.1. The highest BCUT2D eigenvalue weighted by Crippen LogP contribution is 2.25. The van der Waals surface area contributed by atoms with E-state index >= 15 is 0 Å². The van der Waals surface area contributed by atoms with Crippen LogP contribution in [-0.2, 0) is 6.54 Å². The molecular weight excluding hydrogens is 394 g/mol. The first kappa shape index (κ1) is 19.4. The number of fused-ring (bicyclic) bond motifs is 1. The molecule has 2 heterocycles. The molecule has 0 saturated heterocycles. The number of methoxy groups -OCH3 is 1. The van der Waals surface area contributed by atoms with E-state index in [-0.39, 0.29) is 23.3 Å². The number of nitrogens with one attached hydrogen (secondary N) is 1. The molecule has 0 spiro atoms. The third-order valence-corrected chi connectivity index (χ3v) is 4.34. The monoisotopic (exact) mass is 410 g/mol. The minimum Gasteiger partial charge on any atom is -0.493 e. The van der Waals surface area contributed by atoms with Crippen molar-refractivity contribution in [2.24, 2.45) is 4.99 Å². The fourth-order valence-corrected chi connectivity index (χ4v) is 2.89. The predicted octanol–water partition coefficient (Wildman–Crippen LogP) is 4.48. The van der Waals surface area contributed by atoms with Gasteiger partial charge in [-0.15, -0.1) is 0 Å². The summed E-state index contributed by atoms with van der Waals surface area (Å²) in [5, 5.41) is 3.27. The second-order valence-corrected chi connectivity index (χ2v) is 6.31. The number of rotatable bonds is 5. The number of furan rings is 1. The zero-order chi connectivity index (χ0) is 21.1. The molecule has 1 amide bonds. The van der Waals surface area contributed by atoms with Crippen LogP contribution in [0.15, 0.2) is 74.7 Å². The lowest BCUT2D eigenvalue weighted by Crippen LogP contribution is -2.28. The van der Waals surface area contributed by atoms with Crippen LogP contribution in [0.5, 0.6) is 5.75 Å². The number of amides is 1. The number of halogens is 2. The molecule has 1 N–H and O–H groups in total. The predicted molar refractivity (Wildman–Crippen MR) is 104 cm³/mol. The highest BCUT2D eigenvalue weighted by molar-refractivity contribution is 5.97. The summed E-state index contributed by atoms with van der Waals surface area (Å²) < 4.78 is 44.0. The summed E-state index contributed by atoms with van der Waals surface area (Å²) in [5.74, 6) is -0.981. The van der Waals surface area contributed by atoms with E-state index in [1.807, 2.05) is 0 Å². The molecule has 0 bridgehead atoms. The fraction of sp³-hybridized carbons (Fsp3) is 0.0909. The molecule has 4 aromatic rings. The SMILES string of the molecule is COc1cccc2cc(C(=O)NCc3ccco3)c(=Nc3cc(F)ccc3F)oc12. The van der Waals surface area contributed by atoms with Crippen molar-refractivity contribution in [3.8, 4) is 5.75 Å². The molecule has 2 aromatic heterocycles. The van der Waals surface area contributed by atoms with Gasteiger partial charge >= 0.3 is 0 Å². The molecule has 0 fully saturated rings. The van der Waals surface area contributed by atoms with Crippen molar-refractivity contribution in [2.75, 3.05) is 7.11 Å². The van der Waals surface area contributed by atoms with E-state index in [4.69, 9.17) is 13.6 Å². The average molecular weight is 410 g/mol. The van der Waals surface area contributed by atoms with Crippen LogP contribution < -0.4 is 15.6 Å². The lowest BCUT2D eigenvalue weighted by Gasteiger charge is -2.08. The van der Waals surface area contributed by atoms with E-state index in [0.29, 0.717) is 22.5 Å². The number of carbonyl (C=O) groups excluding carboxylic acids is 1. The van der Waals surface area contributed by atoms with Crippen LogP contribution >= 0.6 is 0 Å². The van der Waals surface area contributed by atoms with E-state index in [0.717, 1.165) is 18.2 Å². The Morgan fingerprint density at radius 2 is 2.00 bits per heavy atom. The molecule has 2 aromatic carbocycles. The number of nitrogens with zero attached hydrogens (tertiary/aromatic N) is 1. The summed E-state index contributed by atoms with van der Waals surface area (Å²) in [6.45, 7) is 0.135. The maximum Gasteiger partial charge on any atom is 0.257 e. The number of carbonyl (C=O) groups is 1. The molecule has 0 unspecified atom stereocenters. The van der Waals surface area contributed by atoms with Gasteiger partial charge in [-0.05, 0) is 36.4 Å². The molecule has 0 radical (unpaired) electrons. The molecule has 0 atom stereocenters. The van der Waals surface area contributed by atoms with Gasteiger partial charge in [0.25, 0.3) is 5.91 Å². The van der Waals surface area contributed by atoms with Crippen molar-refractivity contribution in [3.05, 3.63) is 89.4 Å². The fourth-order valence-electron chi connectivity index (χ4n) is 2.89. The van der Waals surface area contributed by atoms with Gasteiger partial charge in [0, 0.05) is 11.5 Å². The van der Waals surface area contributed by atoms with Gasteiger partial charge < -0.3 is 18.9 Å². The average Bonchev–Trinajstić information content (AvgIpc) is 3.27. The zero-order valence-corrected chi connectivity index (χ0v) is 15.8. The molecule has 0 saturated carbocycles. The highest BCUT2D eigenvalue weighted by Gasteiger charge is 2.16. The van der Waals surface area contributed by atoms with Crippen molar-refractivity contribution in [2.45, 2.75) is 6.54 Å². The van der Waals surface area contributed by atoms with Crippen molar-refractivity contribution in [3.63, 3.8) is 0 Å². The summed E-state index contributed by atoms with van der Waals surface area (Å²) in [6.07, 6.45) is 1.49. The Labute approximate surface area is 169 Å².